The van der Waals surface area contributed by atoms with Gasteiger partial charge in [-0.25, -0.2) is 19.6 Å². The Morgan fingerprint density at radius 1 is 0.621 bits per heavy atom. The fraction of sp³-hybridized carbons (Fsp3) is 0.318. The molecule has 0 radical (unpaired) electrons. The number of aromatic nitrogens is 4. The quantitative estimate of drug-likeness (QED) is 0.126. The molecule has 0 amide bonds. The number of hydrogen-bond donors (Lipinski definition) is 2. The average Bonchev–Trinajstić information content (AvgIpc) is 3.79. The highest BCUT2D eigenvalue weighted by Gasteiger charge is 2.47. The molecular weight excluding hydrogens is 745 g/mol. The van der Waals surface area contributed by atoms with E-state index in [9.17, 15) is 29.4 Å². The molecule has 8 heterocycles. The van der Waals surface area contributed by atoms with E-state index in [2.05, 4.69) is 0 Å². The Morgan fingerprint density at radius 2 is 1.03 bits per heavy atom. The summed E-state index contributed by atoms with van der Waals surface area (Å²) < 4.78 is 13.7. The van der Waals surface area contributed by atoms with Crippen LogP contribution in [0.1, 0.15) is 85.0 Å². The van der Waals surface area contributed by atoms with Crippen LogP contribution in [0.3, 0.4) is 0 Å². The fourth-order valence-corrected chi connectivity index (χ4v) is 9.29. The van der Waals surface area contributed by atoms with Crippen LogP contribution in [0.5, 0.6) is 11.5 Å². The van der Waals surface area contributed by atoms with Crippen molar-refractivity contribution in [2.75, 3.05) is 0 Å². The van der Waals surface area contributed by atoms with Crippen molar-refractivity contribution in [3.63, 3.8) is 0 Å². The van der Waals surface area contributed by atoms with Crippen LogP contribution in [0.15, 0.2) is 58.1 Å². The molecule has 0 saturated carbocycles. The van der Waals surface area contributed by atoms with Crippen LogP contribution >= 0.6 is 0 Å². The van der Waals surface area contributed by atoms with Crippen molar-refractivity contribution < 1.29 is 39.1 Å². The van der Waals surface area contributed by atoms with Gasteiger partial charge in [-0.05, 0) is 85.3 Å². The molecule has 294 valence electrons. The van der Waals surface area contributed by atoms with Crippen molar-refractivity contribution >= 4 is 33.7 Å². The smallest absolute Gasteiger partial charge is 0.343 e. The SMILES string of the molecule is CCc1c2c(nc3ccc(OOc4ccc5nc6c(c(CC)c5c4)Cn4c-6cc5c(c4=O)COC(=O)[C@]5(O)CC)cc13)-c1cc3c(c(=O)n1C2)COC(=O)[C@]3(O)CC. The predicted molar refractivity (Wildman–Crippen MR) is 209 cm³/mol. The third-order valence-electron chi connectivity index (χ3n) is 12.5. The molecule has 0 bridgehead atoms. The van der Waals surface area contributed by atoms with Gasteiger partial charge in [0.25, 0.3) is 11.1 Å². The fourth-order valence-electron chi connectivity index (χ4n) is 9.29. The third kappa shape index (κ3) is 4.78. The third-order valence-corrected chi connectivity index (χ3v) is 12.5. The largest absolute Gasteiger partial charge is 0.458 e. The Morgan fingerprint density at radius 3 is 1.41 bits per heavy atom. The van der Waals surface area contributed by atoms with Crippen molar-refractivity contribution in [1.82, 2.24) is 19.1 Å². The Hall–Kier alpha value is -6.38. The summed E-state index contributed by atoms with van der Waals surface area (Å²) in [6, 6.07) is 14.3. The second-order valence-electron chi connectivity index (χ2n) is 15.3. The van der Waals surface area contributed by atoms with Crippen LogP contribution in [-0.2, 0) is 69.4 Å². The minimum absolute atomic E-state index is 0.0639. The number of rotatable bonds is 7. The maximum atomic E-state index is 13.7. The molecule has 2 N–H and O–H groups in total. The molecule has 4 aromatic heterocycles. The van der Waals surface area contributed by atoms with Gasteiger partial charge in [0.05, 0.1) is 58.0 Å². The van der Waals surface area contributed by atoms with E-state index in [0.29, 0.717) is 58.1 Å². The Balaban J connectivity index is 0.972. The number of aliphatic hydroxyl groups is 2. The first-order valence-electron chi connectivity index (χ1n) is 19.5. The van der Waals surface area contributed by atoms with Crippen molar-refractivity contribution in [3.05, 3.63) is 114 Å². The number of benzene rings is 2. The highest BCUT2D eigenvalue weighted by atomic mass is 17.2. The van der Waals surface area contributed by atoms with Crippen LogP contribution in [0.25, 0.3) is 44.6 Å². The zero-order chi connectivity index (χ0) is 40.4. The zero-order valence-corrected chi connectivity index (χ0v) is 32.2. The molecule has 4 aliphatic heterocycles. The Kier molecular flexibility index (Phi) is 7.79. The average molecular weight is 783 g/mol. The summed E-state index contributed by atoms with van der Waals surface area (Å²) in [6.45, 7) is 7.61. The molecule has 2 aromatic carbocycles. The van der Waals surface area contributed by atoms with Gasteiger partial charge in [0.2, 0.25) is 0 Å². The number of pyridine rings is 4. The number of carbonyl (C=O) groups excluding carboxylic acids is 2. The molecule has 14 heteroatoms. The van der Waals surface area contributed by atoms with E-state index in [0.717, 1.165) is 33.0 Å². The molecular formula is C44H38N4O10. The number of esters is 2. The van der Waals surface area contributed by atoms with Gasteiger partial charge in [0.15, 0.2) is 22.7 Å². The van der Waals surface area contributed by atoms with Gasteiger partial charge in [0, 0.05) is 33.0 Å². The van der Waals surface area contributed by atoms with E-state index in [4.69, 9.17) is 29.2 Å². The van der Waals surface area contributed by atoms with Gasteiger partial charge in [-0.1, -0.05) is 27.7 Å². The van der Waals surface area contributed by atoms with Gasteiger partial charge in [0.1, 0.15) is 13.2 Å². The minimum Gasteiger partial charge on any atom is -0.458 e. The molecule has 4 aliphatic rings. The Labute approximate surface area is 330 Å². The number of nitrogens with zero attached hydrogens (tertiary/aromatic N) is 4. The van der Waals surface area contributed by atoms with Gasteiger partial charge >= 0.3 is 11.9 Å². The molecule has 6 aromatic rings. The number of carbonyl (C=O) groups is 2. The lowest BCUT2D eigenvalue weighted by molar-refractivity contribution is -0.172. The molecule has 0 spiro atoms. The number of fused-ring (bicyclic) bond motifs is 10. The van der Waals surface area contributed by atoms with Gasteiger partial charge < -0.3 is 28.8 Å². The highest BCUT2D eigenvalue weighted by molar-refractivity contribution is 5.91. The summed E-state index contributed by atoms with van der Waals surface area (Å²) in [5, 5.41) is 24.2. The van der Waals surface area contributed by atoms with Crippen molar-refractivity contribution in [2.24, 2.45) is 0 Å². The summed E-state index contributed by atoms with van der Waals surface area (Å²) in [4.78, 5) is 74.5. The Bertz CT molecular complexity index is 2790. The minimum atomic E-state index is -1.91. The summed E-state index contributed by atoms with van der Waals surface area (Å²) in [6.07, 6.45) is 1.41. The second-order valence-corrected chi connectivity index (χ2v) is 15.3. The number of cyclic esters (lactones) is 2. The molecule has 2 atom stereocenters. The van der Waals surface area contributed by atoms with Crippen molar-refractivity contribution in [2.45, 2.75) is 90.9 Å². The summed E-state index contributed by atoms with van der Waals surface area (Å²) in [5.74, 6) is -0.652. The number of aryl methyl sites for hydroxylation is 2. The summed E-state index contributed by atoms with van der Waals surface area (Å²) >= 11 is 0. The molecule has 0 fully saturated rings. The standard InChI is InChI=1S/C44H38N4O10/c1-5-23-25-13-21(9-11-33(25)45-37-27(23)17-47-35(37)15-31-29(39(47)49)19-55-41(51)43(31,53)7-3)57-58-22-10-12-34-26(14-22)24(6-2)28-18-48-36(38(28)46-34)16-32-30(40(48)50)20-56-42(52)44(32,54)8-4/h9-16,53-54H,5-8,17-20H2,1-4H3/t43-,44-/m0/s1. The number of hydrogen-bond acceptors (Lipinski definition) is 12. The molecule has 0 saturated heterocycles. The van der Waals surface area contributed by atoms with Crippen molar-refractivity contribution in [1.29, 1.82) is 0 Å². The first-order chi connectivity index (χ1) is 27.9. The van der Waals surface area contributed by atoms with E-state index in [-0.39, 0.29) is 72.5 Å². The topological polar surface area (TPSA) is 181 Å². The first kappa shape index (κ1) is 36.0. The van der Waals surface area contributed by atoms with E-state index in [1.165, 1.54) is 0 Å². The highest BCUT2D eigenvalue weighted by Crippen LogP contribution is 2.43. The number of ether oxygens (including phenoxy) is 2. The zero-order valence-electron chi connectivity index (χ0n) is 32.2. The van der Waals surface area contributed by atoms with Gasteiger partial charge in [-0.15, -0.1) is 0 Å². The van der Waals surface area contributed by atoms with E-state index in [1.807, 2.05) is 38.1 Å². The van der Waals surface area contributed by atoms with Gasteiger partial charge in [-0.3, -0.25) is 19.4 Å². The monoisotopic (exact) mass is 782 g/mol. The van der Waals surface area contributed by atoms with Crippen molar-refractivity contribution in [3.8, 4) is 34.3 Å². The first-order valence-corrected chi connectivity index (χ1v) is 19.5. The van der Waals surface area contributed by atoms with Crippen LogP contribution in [0.2, 0.25) is 0 Å². The van der Waals surface area contributed by atoms with Gasteiger partial charge in [-0.2, -0.15) is 0 Å². The lowest BCUT2D eigenvalue weighted by Gasteiger charge is -2.31. The van der Waals surface area contributed by atoms with Crippen LogP contribution in [0.4, 0.5) is 0 Å². The lowest BCUT2D eigenvalue weighted by atomic mass is 9.86. The second kappa shape index (κ2) is 12.6. The van der Waals surface area contributed by atoms with E-state index < -0.39 is 23.1 Å². The summed E-state index contributed by atoms with van der Waals surface area (Å²) in [5.41, 5.74) is 4.13. The molecule has 10 rings (SSSR count). The van der Waals surface area contributed by atoms with Crippen LogP contribution in [0, 0.1) is 0 Å². The lowest BCUT2D eigenvalue weighted by Crippen LogP contribution is -2.44. The van der Waals surface area contributed by atoms with Crippen LogP contribution in [-0.4, -0.2) is 41.3 Å². The van der Waals surface area contributed by atoms with E-state index >= 15 is 0 Å². The maximum Gasteiger partial charge on any atom is 0.343 e. The normalized spacial score (nSPS) is 19.8. The van der Waals surface area contributed by atoms with E-state index in [1.54, 1.807) is 47.2 Å². The summed E-state index contributed by atoms with van der Waals surface area (Å²) in [7, 11) is 0. The van der Waals surface area contributed by atoms with Crippen LogP contribution < -0.4 is 20.9 Å². The maximum absolute atomic E-state index is 13.7. The molecule has 14 nitrogen and oxygen atoms in total. The predicted octanol–water partition coefficient (Wildman–Crippen LogP) is 4.97. The molecule has 58 heavy (non-hydrogen) atoms. The molecule has 0 unspecified atom stereocenters. The molecule has 0 aliphatic carbocycles.